The van der Waals surface area contributed by atoms with E-state index in [9.17, 15) is 18.0 Å². The number of carbonyl (C=O) groups excluding carboxylic acids is 1. The molecule has 0 saturated heterocycles. The number of halogens is 3. The average molecular weight is 412 g/mol. The highest BCUT2D eigenvalue weighted by atomic mass is 19.4. The van der Waals surface area contributed by atoms with E-state index in [4.69, 9.17) is 5.26 Å². The summed E-state index contributed by atoms with van der Waals surface area (Å²) in [5.41, 5.74) is -0.194. The van der Waals surface area contributed by atoms with E-state index in [0.717, 1.165) is 12.1 Å². The summed E-state index contributed by atoms with van der Waals surface area (Å²) in [6.45, 7) is 5.80. The molecule has 0 atom stereocenters. The topological polar surface area (TPSA) is 70.7 Å². The molecule has 0 spiro atoms. The number of hydrogen-bond acceptors (Lipinski definition) is 3. The molecule has 0 radical (unpaired) electrons. The van der Waals surface area contributed by atoms with Crippen molar-refractivity contribution in [1.82, 2.24) is 9.78 Å². The van der Waals surface area contributed by atoms with E-state index in [-0.39, 0.29) is 11.2 Å². The quantitative estimate of drug-likeness (QED) is 0.634. The van der Waals surface area contributed by atoms with Crippen LogP contribution in [0.25, 0.3) is 5.69 Å². The van der Waals surface area contributed by atoms with E-state index in [1.54, 1.807) is 30.3 Å². The van der Waals surface area contributed by atoms with Gasteiger partial charge in [0.25, 0.3) is 5.91 Å². The lowest BCUT2D eigenvalue weighted by Gasteiger charge is -2.14. The maximum Gasteiger partial charge on any atom is 0.417 e. The maximum atomic E-state index is 13.3. The Hall–Kier alpha value is -3.60. The zero-order valence-electron chi connectivity index (χ0n) is 16.6. The third-order valence-corrected chi connectivity index (χ3v) is 4.44. The molecule has 154 valence electrons. The van der Waals surface area contributed by atoms with Gasteiger partial charge in [0.15, 0.2) is 0 Å². The van der Waals surface area contributed by atoms with Crippen LogP contribution in [-0.4, -0.2) is 15.7 Å². The zero-order valence-corrected chi connectivity index (χ0v) is 16.6. The summed E-state index contributed by atoms with van der Waals surface area (Å²) in [7, 11) is 0. The van der Waals surface area contributed by atoms with Crippen molar-refractivity contribution in [2.24, 2.45) is 0 Å². The van der Waals surface area contributed by atoms with Crippen molar-refractivity contribution < 1.29 is 18.0 Å². The summed E-state index contributed by atoms with van der Waals surface area (Å²) < 4.78 is 41.3. The lowest BCUT2D eigenvalue weighted by atomic mass is 9.92. The first kappa shape index (κ1) is 21.1. The molecule has 8 heteroatoms. The summed E-state index contributed by atoms with van der Waals surface area (Å²) in [4.78, 5) is 12.7. The van der Waals surface area contributed by atoms with Gasteiger partial charge < -0.3 is 5.32 Å². The summed E-state index contributed by atoms with van der Waals surface area (Å²) in [6, 6.07) is 14.8. The van der Waals surface area contributed by atoms with E-state index < -0.39 is 23.2 Å². The Kier molecular flexibility index (Phi) is 5.40. The van der Waals surface area contributed by atoms with Gasteiger partial charge in [-0.3, -0.25) is 4.79 Å². The van der Waals surface area contributed by atoms with Crippen molar-refractivity contribution in [3.8, 4) is 11.8 Å². The van der Waals surface area contributed by atoms with Gasteiger partial charge in [0, 0.05) is 11.5 Å². The Morgan fingerprint density at radius 1 is 1.07 bits per heavy atom. The molecule has 30 heavy (non-hydrogen) atoms. The number of nitrogens with one attached hydrogen (secondary N) is 1. The van der Waals surface area contributed by atoms with Crippen LogP contribution in [0.2, 0.25) is 0 Å². The van der Waals surface area contributed by atoms with Crippen molar-refractivity contribution in [2.75, 3.05) is 5.32 Å². The Morgan fingerprint density at radius 3 is 2.27 bits per heavy atom. The number of nitriles is 1. The van der Waals surface area contributed by atoms with Crippen LogP contribution in [0, 0.1) is 11.3 Å². The second kappa shape index (κ2) is 7.67. The molecule has 0 aliphatic heterocycles. The molecule has 0 saturated carbocycles. The fourth-order valence-electron chi connectivity index (χ4n) is 2.82. The molecule has 1 N–H and O–H groups in total. The molecule has 0 fully saturated rings. The molecule has 2 aromatic carbocycles. The molecule has 0 unspecified atom stereocenters. The van der Waals surface area contributed by atoms with Crippen LogP contribution >= 0.6 is 0 Å². The molecule has 3 rings (SSSR count). The number of nitrogens with zero attached hydrogens (tertiary/aromatic N) is 3. The summed E-state index contributed by atoms with van der Waals surface area (Å²) in [5.74, 6) is -0.662. The minimum atomic E-state index is -4.65. The van der Waals surface area contributed by atoms with Gasteiger partial charge >= 0.3 is 6.18 Å². The van der Waals surface area contributed by atoms with Gasteiger partial charge in [-0.25, -0.2) is 4.68 Å². The Labute approximate surface area is 171 Å². The molecular weight excluding hydrogens is 393 g/mol. The monoisotopic (exact) mass is 412 g/mol. The van der Waals surface area contributed by atoms with Gasteiger partial charge in [-0.15, -0.1) is 0 Å². The van der Waals surface area contributed by atoms with Crippen LogP contribution in [0.5, 0.6) is 0 Å². The molecule has 0 bridgehead atoms. The van der Waals surface area contributed by atoms with Crippen molar-refractivity contribution in [3.05, 3.63) is 77.0 Å². The first-order valence-corrected chi connectivity index (χ1v) is 9.09. The zero-order chi connectivity index (χ0) is 22.1. The van der Waals surface area contributed by atoms with Crippen LogP contribution in [0.4, 0.5) is 19.0 Å². The number of carbonyl (C=O) groups is 1. The highest BCUT2D eigenvalue weighted by Crippen LogP contribution is 2.33. The lowest BCUT2D eigenvalue weighted by molar-refractivity contribution is -0.137. The van der Waals surface area contributed by atoms with Crippen molar-refractivity contribution in [3.63, 3.8) is 0 Å². The second-order valence-corrected chi connectivity index (χ2v) is 7.73. The minimum absolute atomic E-state index is 0.228. The number of hydrogen-bond donors (Lipinski definition) is 1. The molecule has 0 aliphatic rings. The molecule has 0 aliphatic carbocycles. The van der Waals surface area contributed by atoms with Crippen LogP contribution in [0.3, 0.4) is 0 Å². The van der Waals surface area contributed by atoms with Gasteiger partial charge in [-0.2, -0.15) is 23.5 Å². The molecule has 1 aromatic heterocycles. The molecule has 1 amide bonds. The van der Waals surface area contributed by atoms with Gasteiger partial charge in [0.2, 0.25) is 0 Å². The van der Waals surface area contributed by atoms with Crippen molar-refractivity contribution in [1.29, 1.82) is 5.26 Å². The smallest absolute Gasteiger partial charge is 0.306 e. The van der Waals surface area contributed by atoms with Gasteiger partial charge in [0.1, 0.15) is 5.82 Å². The lowest BCUT2D eigenvalue weighted by Crippen LogP contribution is -2.20. The third-order valence-electron chi connectivity index (χ3n) is 4.44. The van der Waals surface area contributed by atoms with Crippen molar-refractivity contribution in [2.45, 2.75) is 32.4 Å². The molecular formula is C22H19F3N4O. The number of aromatic nitrogens is 2. The average Bonchev–Trinajstić information content (AvgIpc) is 3.11. The fraction of sp³-hybridized carbons (Fsp3) is 0.227. The summed E-state index contributed by atoms with van der Waals surface area (Å²) in [5, 5.41) is 16.1. The van der Waals surface area contributed by atoms with Gasteiger partial charge in [-0.1, -0.05) is 32.9 Å². The van der Waals surface area contributed by atoms with E-state index >= 15 is 0 Å². The number of alkyl halides is 3. The minimum Gasteiger partial charge on any atom is -0.306 e. The number of amides is 1. The Morgan fingerprint density at radius 2 is 1.70 bits per heavy atom. The standard InChI is InChI=1S/C22H19F3N4O/c1-21(2,3)18-12-19(29(28-18)15-10-8-14(13-26)9-11-15)27-20(30)16-6-4-5-7-17(16)22(23,24)25/h4-12H,1-3H3,(H,27,30). The number of anilines is 1. The largest absolute Gasteiger partial charge is 0.417 e. The fourth-order valence-corrected chi connectivity index (χ4v) is 2.82. The summed E-state index contributed by atoms with van der Waals surface area (Å²) in [6.07, 6.45) is -4.65. The predicted molar refractivity (Wildman–Crippen MR) is 106 cm³/mol. The van der Waals surface area contributed by atoms with E-state index in [1.165, 1.54) is 16.8 Å². The Bertz CT molecular complexity index is 1120. The van der Waals surface area contributed by atoms with Crippen LogP contribution in [0.1, 0.15) is 48.0 Å². The summed E-state index contributed by atoms with van der Waals surface area (Å²) >= 11 is 0. The first-order chi connectivity index (χ1) is 14.0. The van der Waals surface area contributed by atoms with E-state index in [0.29, 0.717) is 16.9 Å². The highest BCUT2D eigenvalue weighted by Gasteiger charge is 2.35. The van der Waals surface area contributed by atoms with Gasteiger partial charge in [-0.05, 0) is 36.4 Å². The van der Waals surface area contributed by atoms with E-state index in [1.807, 2.05) is 26.8 Å². The first-order valence-electron chi connectivity index (χ1n) is 9.09. The van der Waals surface area contributed by atoms with Crippen molar-refractivity contribution >= 4 is 11.7 Å². The molecule has 5 nitrogen and oxygen atoms in total. The van der Waals surface area contributed by atoms with Gasteiger partial charge in [0.05, 0.1) is 34.1 Å². The van der Waals surface area contributed by atoms with E-state index in [2.05, 4.69) is 10.4 Å². The highest BCUT2D eigenvalue weighted by molar-refractivity contribution is 6.05. The Balaban J connectivity index is 2.05. The number of benzene rings is 2. The predicted octanol–water partition coefficient (Wildman–Crippen LogP) is 5.31. The van der Waals surface area contributed by atoms with Crippen LogP contribution in [-0.2, 0) is 11.6 Å². The number of rotatable bonds is 3. The van der Waals surface area contributed by atoms with Crippen LogP contribution in [0.15, 0.2) is 54.6 Å². The SMILES string of the molecule is CC(C)(C)c1cc(NC(=O)c2ccccc2C(F)(F)F)n(-c2ccc(C#N)cc2)n1. The third kappa shape index (κ3) is 4.35. The van der Waals surface area contributed by atoms with Crippen LogP contribution < -0.4 is 5.32 Å². The molecule has 3 aromatic rings. The second-order valence-electron chi connectivity index (χ2n) is 7.73. The molecule has 1 heterocycles. The maximum absolute atomic E-state index is 13.3. The normalized spacial score (nSPS) is 11.8.